The number of hydrogen-bond acceptors (Lipinski definition) is 4. The number of fused-ring (bicyclic) bond motifs is 5. The lowest BCUT2D eigenvalue weighted by atomic mass is 9.96. The van der Waals surface area contributed by atoms with Gasteiger partial charge in [0.2, 0.25) is 16.0 Å². The first-order valence-corrected chi connectivity index (χ1v) is 12.0. The van der Waals surface area contributed by atoms with E-state index in [-0.39, 0.29) is 26.1 Å². The first-order valence-electron chi connectivity index (χ1n) is 10.3. The van der Waals surface area contributed by atoms with Crippen LogP contribution in [0.2, 0.25) is 0 Å². The quantitative estimate of drug-likeness (QED) is 0.756. The number of rotatable bonds is 3. The first kappa shape index (κ1) is 22.5. The Morgan fingerprint density at radius 1 is 1.19 bits per heavy atom. The highest BCUT2D eigenvalue weighted by molar-refractivity contribution is 7.89. The number of sulfonamides is 1. The SMILES string of the molecule is CN1CCOc2ccccc2-c2cccc(c2)C[C@H]2[C@@H](NS(=O)(=O)CF)[C@@H](F)CN2C1=O. The predicted octanol–water partition coefficient (Wildman–Crippen LogP) is 2.58. The Morgan fingerprint density at radius 2 is 1.97 bits per heavy atom. The van der Waals surface area contributed by atoms with E-state index in [4.69, 9.17) is 4.74 Å². The molecular weight excluding hydrogens is 440 g/mol. The second-order valence-electron chi connectivity index (χ2n) is 8.06. The van der Waals surface area contributed by atoms with E-state index in [1.165, 1.54) is 9.80 Å². The molecule has 172 valence electrons. The van der Waals surface area contributed by atoms with Crippen LogP contribution in [0, 0.1) is 0 Å². The van der Waals surface area contributed by atoms with E-state index in [0.29, 0.717) is 5.75 Å². The van der Waals surface area contributed by atoms with Gasteiger partial charge in [0.05, 0.1) is 25.2 Å². The van der Waals surface area contributed by atoms with Gasteiger partial charge in [-0.3, -0.25) is 0 Å². The van der Waals surface area contributed by atoms with Crippen LogP contribution in [0.3, 0.4) is 0 Å². The van der Waals surface area contributed by atoms with Gasteiger partial charge in [-0.2, -0.15) is 0 Å². The van der Waals surface area contributed by atoms with Crippen molar-refractivity contribution in [2.45, 2.75) is 24.7 Å². The number of ether oxygens (including phenoxy) is 1. The molecule has 3 atom stereocenters. The maximum Gasteiger partial charge on any atom is 0.320 e. The topological polar surface area (TPSA) is 79.0 Å². The number of nitrogens with zero attached hydrogens (tertiary/aromatic N) is 2. The van der Waals surface area contributed by atoms with Gasteiger partial charge in [-0.1, -0.05) is 42.5 Å². The van der Waals surface area contributed by atoms with Crippen LogP contribution in [0.4, 0.5) is 13.6 Å². The van der Waals surface area contributed by atoms with Crippen LogP contribution >= 0.6 is 0 Å². The average molecular weight is 466 g/mol. The lowest BCUT2D eigenvalue weighted by Crippen LogP contribution is -2.52. The molecule has 2 amide bonds. The van der Waals surface area contributed by atoms with Crippen molar-refractivity contribution in [2.75, 3.05) is 32.8 Å². The molecule has 2 aliphatic rings. The molecule has 2 bridgehead atoms. The van der Waals surface area contributed by atoms with E-state index in [1.807, 2.05) is 48.5 Å². The summed E-state index contributed by atoms with van der Waals surface area (Å²) in [6, 6.07) is 10.9. The summed E-state index contributed by atoms with van der Waals surface area (Å²) in [5.74, 6) is 0.683. The third-order valence-electron chi connectivity index (χ3n) is 5.86. The molecular formula is C22H25F2N3O4S. The molecule has 2 heterocycles. The van der Waals surface area contributed by atoms with Gasteiger partial charge in [0.1, 0.15) is 18.5 Å². The number of amides is 2. The highest BCUT2D eigenvalue weighted by Crippen LogP contribution is 2.32. The minimum atomic E-state index is -4.31. The van der Waals surface area contributed by atoms with Gasteiger partial charge >= 0.3 is 6.03 Å². The number of carbonyl (C=O) groups excluding carboxylic acids is 1. The Hall–Kier alpha value is -2.72. The van der Waals surface area contributed by atoms with Gasteiger partial charge in [0, 0.05) is 12.6 Å². The lowest BCUT2D eigenvalue weighted by Gasteiger charge is -2.31. The number of carbonyl (C=O) groups is 1. The van der Waals surface area contributed by atoms with Crippen molar-refractivity contribution < 1.29 is 26.7 Å². The van der Waals surface area contributed by atoms with Gasteiger partial charge in [-0.05, 0) is 23.6 Å². The Balaban J connectivity index is 1.76. The molecule has 0 aromatic heterocycles. The molecule has 0 radical (unpaired) electrons. The second-order valence-corrected chi connectivity index (χ2v) is 9.74. The summed E-state index contributed by atoms with van der Waals surface area (Å²) in [5, 5.41) is 0. The number of halogens is 2. The highest BCUT2D eigenvalue weighted by atomic mass is 32.2. The van der Waals surface area contributed by atoms with E-state index >= 15 is 0 Å². The lowest BCUT2D eigenvalue weighted by molar-refractivity contribution is 0.146. The van der Waals surface area contributed by atoms with E-state index < -0.39 is 40.3 Å². The fraction of sp³-hybridized carbons (Fsp3) is 0.409. The van der Waals surface area contributed by atoms with Crippen molar-refractivity contribution >= 4 is 16.1 Å². The van der Waals surface area contributed by atoms with Crippen molar-refractivity contribution in [3.8, 4) is 16.9 Å². The summed E-state index contributed by atoms with van der Waals surface area (Å²) in [7, 11) is -2.73. The van der Waals surface area contributed by atoms with Crippen molar-refractivity contribution in [1.82, 2.24) is 14.5 Å². The van der Waals surface area contributed by atoms with Crippen LogP contribution in [-0.2, 0) is 16.4 Å². The largest absolute Gasteiger partial charge is 0.491 e. The zero-order valence-corrected chi connectivity index (χ0v) is 18.4. The molecule has 2 aliphatic heterocycles. The van der Waals surface area contributed by atoms with Gasteiger partial charge in [-0.25, -0.2) is 26.7 Å². The average Bonchev–Trinajstić information content (AvgIpc) is 3.07. The normalized spacial score (nSPS) is 24.0. The third kappa shape index (κ3) is 4.56. The van der Waals surface area contributed by atoms with Crippen LogP contribution in [0.15, 0.2) is 48.5 Å². The fourth-order valence-electron chi connectivity index (χ4n) is 4.27. The van der Waals surface area contributed by atoms with E-state index in [0.717, 1.165) is 16.7 Å². The standard InChI is InChI=1S/C22H25F2N3O4S/c1-26-9-10-31-20-8-3-2-7-17(20)16-6-4-5-15(11-16)12-19-21(25-32(29,30)14-23)18(24)13-27(19)22(26)28/h2-8,11,18-19,21,25H,9-10,12-14H2,1H3/t18-,19-,21-/m0/s1. The molecule has 0 saturated carbocycles. The predicted molar refractivity (Wildman–Crippen MR) is 116 cm³/mol. The van der Waals surface area contributed by atoms with Crippen LogP contribution in [0.5, 0.6) is 5.75 Å². The van der Waals surface area contributed by atoms with Crippen molar-refractivity contribution in [3.63, 3.8) is 0 Å². The third-order valence-corrected chi connectivity index (χ3v) is 6.78. The fourth-order valence-corrected chi connectivity index (χ4v) is 5.05. The maximum absolute atomic E-state index is 14.9. The van der Waals surface area contributed by atoms with Crippen LogP contribution in [-0.4, -0.2) is 75.3 Å². The Kier molecular flexibility index (Phi) is 6.34. The maximum atomic E-state index is 14.9. The summed E-state index contributed by atoms with van der Waals surface area (Å²) in [6.07, 6.45) is -1.46. The van der Waals surface area contributed by atoms with E-state index in [1.54, 1.807) is 7.05 Å². The molecule has 0 spiro atoms. The van der Waals surface area contributed by atoms with Crippen LogP contribution < -0.4 is 9.46 Å². The number of hydrogen-bond donors (Lipinski definition) is 1. The number of benzene rings is 2. The minimum Gasteiger partial charge on any atom is -0.491 e. The summed E-state index contributed by atoms with van der Waals surface area (Å²) in [4.78, 5) is 15.8. The zero-order valence-electron chi connectivity index (χ0n) is 17.6. The van der Waals surface area contributed by atoms with Crippen LogP contribution in [0.1, 0.15) is 5.56 Å². The first-order chi connectivity index (χ1) is 15.3. The second kappa shape index (κ2) is 9.03. The van der Waals surface area contributed by atoms with E-state index in [9.17, 15) is 22.0 Å². The number of nitrogens with one attached hydrogen (secondary N) is 1. The molecule has 4 rings (SSSR count). The molecule has 1 N–H and O–H groups in total. The zero-order chi connectivity index (χ0) is 22.9. The molecule has 2 aromatic rings. The summed E-state index contributed by atoms with van der Waals surface area (Å²) < 4.78 is 59.7. The number of alkyl halides is 2. The van der Waals surface area contributed by atoms with Gasteiger partial charge in [-0.15, -0.1) is 0 Å². The van der Waals surface area contributed by atoms with E-state index in [2.05, 4.69) is 4.72 Å². The molecule has 0 aliphatic carbocycles. The Labute approximate surface area is 186 Å². The molecule has 32 heavy (non-hydrogen) atoms. The summed E-state index contributed by atoms with van der Waals surface area (Å²) in [6.45, 7) is 0.203. The van der Waals surface area contributed by atoms with Crippen molar-refractivity contribution in [1.29, 1.82) is 0 Å². The minimum absolute atomic E-state index is 0.205. The van der Waals surface area contributed by atoms with Crippen molar-refractivity contribution in [3.05, 3.63) is 54.1 Å². The van der Waals surface area contributed by atoms with Gasteiger partial charge < -0.3 is 14.5 Å². The Bertz CT molecular complexity index is 1100. The smallest absolute Gasteiger partial charge is 0.320 e. The molecule has 2 aromatic carbocycles. The molecule has 1 saturated heterocycles. The highest BCUT2D eigenvalue weighted by Gasteiger charge is 2.46. The monoisotopic (exact) mass is 465 g/mol. The number of urea groups is 1. The Morgan fingerprint density at radius 3 is 2.75 bits per heavy atom. The summed E-state index contributed by atoms with van der Waals surface area (Å²) >= 11 is 0. The molecule has 10 heteroatoms. The summed E-state index contributed by atoms with van der Waals surface area (Å²) in [5.41, 5.74) is 2.56. The van der Waals surface area contributed by atoms with Crippen LogP contribution in [0.25, 0.3) is 11.1 Å². The molecule has 7 nitrogen and oxygen atoms in total. The number of likely N-dealkylation sites (N-methyl/N-ethyl adjacent to an activating group) is 1. The molecule has 1 fully saturated rings. The van der Waals surface area contributed by atoms with Gasteiger partial charge in [0.25, 0.3) is 0 Å². The van der Waals surface area contributed by atoms with Crippen molar-refractivity contribution in [2.24, 2.45) is 0 Å². The molecule has 0 unspecified atom stereocenters. The van der Waals surface area contributed by atoms with Gasteiger partial charge in [0.15, 0.2) is 0 Å². The number of para-hydroxylation sites is 1.